The van der Waals surface area contributed by atoms with Crippen molar-refractivity contribution in [2.45, 2.75) is 135 Å². The van der Waals surface area contributed by atoms with Gasteiger partial charge in [-0.05, 0) is 103 Å². The van der Waals surface area contributed by atoms with Gasteiger partial charge in [0.2, 0.25) is 35.5 Å². The Hall–Kier alpha value is -11.0. The molecule has 6 atom stereocenters. The zero-order chi connectivity index (χ0) is 71.1. The van der Waals surface area contributed by atoms with Crippen LogP contribution in [0, 0.1) is 11.3 Å². The quantitative estimate of drug-likeness (QED) is 0.00901. The van der Waals surface area contributed by atoms with Crippen LogP contribution in [0.3, 0.4) is 0 Å². The second-order valence-corrected chi connectivity index (χ2v) is 25.2. The van der Waals surface area contributed by atoms with Gasteiger partial charge in [-0.3, -0.25) is 39.5 Å². The Morgan fingerprint density at radius 1 is 0.535 bits per heavy atom. The van der Waals surface area contributed by atoms with Crippen LogP contribution in [0.15, 0.2) is 200 Å². The van der Waals surface area contributed by atoms with Gasteiger partial charge in [0, 0.05) is 12.5 Å². The van der Waals surface area contributed by atoms with E-state index in [0.29, 0.717) is 17.5 Å². The summed E-state index contributed by atoms with van der Waals surface area (Å²) >= 11 is 0. The van der Waals surface area contributed by atoms with Crippen molar-refractivity contribution in [1.29, 1.82) is 5.41 Å². The van der Waals surface area contributed by atoms with Crippen molar-refractivity contribution < 1.29 is 62.1 Å². The third-order valence-corrected chi connectivity index (χ3v) is 16.9. The van der Waals surface area contributed by atoms with E-state index in [1.165, 1.54) is 6.92 Å². The number of nitrogens with one attached hydrogen (secondary N) is 8. The number of carbonyl (C=O) groups is 9. The fraction of sp³-hybridized carbons (Fsp3) is 0.325. The molecule has 1 aliphatic rings. The normalized spacial score (nSPS) is 13.5. The fourth-order valence-corrected chi connectivity index (χ4v) is 11.8. The van der Waals surface area contributed by atoms with Crippen molar-refractivity contribution in [2.75, 3.05) is 19.7 Å². The maximum atomic E-state index is 14.9. The SMILES string of the molecule is CC[C@H](C)[C@H](NC(=O)[C@@H](CCCN(C(=N)NC(=O)OCc1ccccc1)C(=O)OCc1ccccc1)NC(=O)OCC1c2ccccc2-c2ccccc21)C(=O)N[C@H](C(=O)NCC(=O)N[C@@H](CC(=O)NC(c1ccccc1)(c1ccccc1)c1ccccc1)C(C)=O)[C@H](C)OC(C)(C)C. The van der Waals surface area contributed by atoms with Crippen molar-refractivity contribution in [2.24, 2.45) is 5.92 Å². The maximum absolute atomic E-state index is 14.9. The molecule has 0 saturated heterocycles. The number of ketones is 1. The van der Waals surface area contributed by atoms with E-state index in [2.05, 4.69) is 37.2 Å². The first-order valence-electron chi connectivity index (χ1n) is 33.0. The predicted molar refractivity (Wildman–Crippen MR) is 373 cm³/mol. The number of ether oxygens (including phenoxy) is 4. The van der Waals surface area contributed by atoms with E-state index in [9.17, 15) is 43.2 Å². The molecule has 0 radical (unpaired) electrons. The van der Waals surface area contributed by atoms with Gasteiger partial charge in [-0.2, -0.15) is 0 Å². The van der Waals surface area contributed by atoms with Gasteiger partial charge >= 0.3 is 18.3 Å². The molecule has 1 aliphatic carbocycles. The molecule has 0 fully saturated rings. The van der Waals surface area contributed by atoms with Gasteiger partial charge in [0.1, 0.15) is 43.5 Å². The molecule has 0 heterocycles. The highest BCUT2D eigenvalue weighted by molar-refractivity contribution is 6.00. The third-order valence-electron chi connectivity index (χ3n) is 16.9. The molecule has 8 N–H and O–H groups in total. The molecule has 0 aliphatic heterocycles. The molecule has 8 rings (SSSR count). The standard InChI is InChI=1S/C77H87N9O13/c1-8-50(2)67(71(92)83-68(52(4)99-76(5,6)7)70(91)79-46-66(89)80-64(51(3)87)45-65(88)85-77(55-33-18-11-19-34-55,56-35-20-12-21-36-56)57-37-22-13-23-38-57)82-69(90)63(81-73(93)97-49-62-60-41-26-24-39-58(60)59-40-25-27-42-61(59)62)43-28-44-86(75(95)98-48-54-31-16-10-17-32-54)72(78)84-74(94)96-47-53-29-14-9-15-30-53/h9-27,29-42,50,52,62-64,67-68H,8,28,43-49H2,1-7H3,(H,79,91)(H,80,89)(H,81,93)(H,82,90)(H,83,92)(H,85,88)(H2,78,84,94)/t50-,52-,63+,64-,67-,68-/m0/s1. The summed E-state index contributed by atoms with van der Waals surface area (Å²) in [5.41, 5.74) is 5.29. The van der Waals surface area contributed by atoms with Crippen LogP contribution in [0.4, 0.5) is 14.4 Å². The maximum Gasteiger partial charge on any atom is 0.416 e. The summed E-state index contributed by atoms with van der Waals surface area (Å²) in [6, 6.07) is 55.5. The van der Waals surface area contributed by atoms with Gasteiger partial charge in [0.25, 0.3) is 0 Å². The zero-order valence-corrected chi connectivity index (χ0v) is 56.7. The average molecular weight is 1350 g/mol. The lowest BCUT2D eigenvalue weighted by Gasteiger charge is -2.37. The lowest BCUT2D eigenvalue weighted by atomic mass is 9.77. The molecular formula is C77H87N9O13. The molecule has 0 bridgehead atoms. The summed E-state index contributed by atoms with van der Waals surface area (Å²) in [6.45, 7) is 10.0. The van der Waals surface area contributed by atoms with Crippen molar-refractivity contribution in [3.05, 3.63) is 239 Å². The van der Waals surface area contributed by atoms with Gasteiger partial charge in [0.05, 0.1) is 30.7 Å². The smallest absolute Gasteiger partial charge is 0.416 e. The largest absolute Gasteiger partial charge is 0.449 e. The van der Waals surface area contributed by atoms with Crippen LogP contribution in [0.2, 0.25) is 0 Å². The highest BCUT2D eigenvalue weighted by Crippen LogP contribution is 2.44. The second-order valence-electron chi connectivity index (χ2n) is 25.2. The number of guanidine groups is 1. The number of rotatable bonds is 30. The number of nitrogens with zero attached hydrogens (tertiary/aromatic N) is 1. The first kappa shape index (κ1) is 73.8. The predicted octanol–water partition coefficient (Wildman–Crippen LogP) is 10.1. The Bertz CT molecular complexity index is 3770. The van der Waals surface area contributed by atoms with Crippen LogP contribution in [0.5, 0.6) is 0 Å². The number of Topliss-reactive ketones (excluding diaryl/α,β-unsaturated/α-hetero) is 1. The average Bonchev–Trinajstić information content (AvgIpc) is 1.75. The zero-order valence-electron chi connectivity index (χ0n) is 56.7. The van der Waals surface area contributed by atoms with E-state index in [1.807, 2.05) is 140 Å². The van der Waals surface area contributed by atoms with Crippen LogP contribution in [-0.2, 0) is 66.5 Å². The molecule has 8 amide bonds. The van der Waals surface area contributed by atoms with Crippen LogP contribution in [0.25, 0.3) is 11.1 Å². The van der Waals surface area contributed by atoms with Gasteiger partial charge in [-0.15, -0.1) is 0 Å². The van der Waals surface area contributed by atoms with Crippen molar-refractivity contribution in [3.8, 4) is 11.1 Å². The lowest BCUT2D eigenvalue weighted by Crippen LogP contribution is -2.61. The number of alkyl carbamates (subject to hydrolysis) is 2. The lowest BCUT2D eigenvalue weighted by molar-refractivity contribution is -0.140. The van der Waals surface area contributed by atoms with Crippen LogP contribution in [0.1, 0.15) is 119 Å². The summed E-state index contributed by atoms with van der Waals surface area (Å²) in [5, 5.41) is 27.8. The number of benzene rings is 7. The number of hydrogen-bond acceptors (Lipinski definition) is 14. The Morgan fingerprint density at radius 3 is 1.53 bits per heavy atom. The molecule has 0 saturated carbocycles. The summed E-state index contributed by atoms with van der Waals surface area (Å²) in [4.78, 5) is 128. The van der Waals surface area contributed by atoms with Gasteiger partial charge in [-0.1, -0.05) is 220 Å². The minimum absolute atomic E-state index is 0.120. The van der Waals surface area contributed by atoms with Gasteiger partial charge in [0.15, 0.2) is 5.78 Å². The Labute approximate surface area is 577 Å². The number of fused-ring (bicyclic) bond motifs is 3. The summed E-state index contributed by atoms with van der Waals surface area (Å²) < 4.78 is 23.1. The first-order chi connectivity index (χ1) is 47.5. The minimum atomic E-state index is -1.51. The highest BCUT2D eigenvalue weighted by atomic mass is 16.6. The van der Waals surface area contributed by atoms with E-state index in [4.69, 9.17) is 24.4 Å². The number of hydrogen-bond donors (Lipinski definition) is 8. The monoisotopic (exact) mass is 1350 g/mol. The Morgan fingerprint density at radius 2 is 1.02 bits per heavy atom. The summed E-state index contributed by atoms with van der Waals surface area (Å²) in [7, 11) is 0. The molecule has 0 unspecified atom stereocenters. The molecule has 7 aromatic rings. The van der Waals surface area contributed by atoms with Crippen molar-refractivity contribution in [3.63, 3.8) is 0 Å². The van der Waals surface area contributed by atoms with E-state index in [1.54, 1.807) is 102 Å². The first-order valence-corrected chi connectivity index (χ1v) is 33.0. The Kier molecular flexibility index (Phi) is 26.3. The topological polar surface area (TPSA) is 302 Å². The third kappa shape index (κ3) is 20.5. The molecule has 99 heavy (non-hydrogen) atoms. The molecule has 0 aromatic heterocycles. The fourth-order valence-electron chi connectivity index (χ4n) is 11.8. The summed E-state index contributed by atoms with van der Waals surface area (Å²) in [6.07, 6.45) is -4.64. The van der Waals surface area contributed by atoms with Gasteiger partial charge < -0.3 is 50.8 Å². The van der Waals surface area contributed by atoms with E-state index in [0.717, 1.165) is 43.8 Å². The molecule has 22 nitrogen and oxygen atoms in total. The van der Waals surface area contributed by atoms with Crippen LogP contribution >= 0.6 is 0 Å². The van der Waals surface area contributed by atoms with Crippen LogP contribution in [-0.4, -0.2) is 120 Å². The second kappa shape index (κ2) is 35.3. The highest BCUT2D eigenvalue weighted by Gasteiger charge is 2.40. The molecule has 518 valence electrons. The van der Waals surface area contributed by atoms with E-state index >= 15 is 0 Å². The minimum Gasteiger partial charge on any atom is -0.449 e. The molecule has 0 spiro atoms. The molecule has 22 heteroatoms. The van der Waals surface area contributed by atoms with Crippen LogP contribution < -0.4 is 37.2 Å². The van der Waals surface area contributed by atoms with E-state index in [-0.39, 0.29) is 45.1 Å². The van der Waals surface area contributed by atoms with Gasteiger partial charge in [-0.25, -0.2) is 19.3 Å². The Balaban J connectivity index is 0.981. The molecule has 7 aromatic carbocycles. The molecular weight excluding hydrogens is 1260 g/mol. The van der Waals surface area contributed by atoms with E-state index < -0.39 is 120 Å². The number of amides is 8. The summed E-state index contributed by atoms with van der Waals surface area (Å²) in [5.74, 6) is -6.18. The van der Waals surface area contributed by atoms with Crippen molar-refractivity contribution in [1.82, 2.24) is 42.1 Å². The van der Waals surface area contributed by atoms with Crippen molar-refractivity contribution >= 4 is 59.6 Å². The number of carbonyl (C=O) groups excluding carboxylic acids is 9.